The summed E-state index contributed by atoms with van der Waals surface area (Å²) in [7, 11) is -3.84. The molecular formula is C25H32ClN3O6S. The van der Waals surface area contributed by atoms with Crippen LogP contribution in [0.4, 0.5) is 5.69 Å². The number of carbonyl (C=O) groups is 2. The SMILES string of the molecule is CCS(=O)(=O)N(CC(=O)N(Cc1cccc(Cl)c1)[C@H](C)C(=O)NCC(C)C)c1ccc2c(c1)OCO2. The highest BCUT2D eigenvalue weighted by Crippen LogP contribution is 2.36. The Labute approximate surface area is 217 Å². The number of hydrogen-bond donors (Lipinski definition) is 1. The number of rotatable bonds is 11. The van der Waals surface area contributed by atoms with Crippen LogP contribution in [0.5, 0.6) is 11.5 Å². The summed E-state index contributed by atoms with van der Waals surface area (Å²) >= 11 is 6.13. The van der Waals surface area contributed by atoms with Gasteiger partial charge in [0.25, 0.3) is 0 Å². The third-order valence-electron chi connectivity index (χ3n) is 5.72. The van der Waals surface area contributed by atoms with Gasteiger partial charge in [-0.25, -0.2) is 8.42 Å². The molecule has 3 rings (SSSR count). The Morgan fingerprint density at radius 2 is 1.81 bits per heavy atom. The zero-order chi connectivity index (χ0) is 26.5. The molecule has 11 heteroatoms. The van der Waals surface area contributed by atoms with Gasteiger partial charge in [0.05, 0.1) is 11.4 Å². The number of fused-ring (bicyclic) bond motifs is 1. The lowest BCUT2D eigenvalue weighted by Gasteiger charge is -2.32. The summed E-state index contributed by atoms with van der Waals surface area (Å²) in [5.74, 6) is 0.0525. The number of carbonyl (C=O) groups excluding carboxylic acids is 2. The van der Waals surface area contributed by atoms with Gasteiger partial charge < -0.3 is 19.7 Å². The summed E-state index contributed by atoms with van der Waals surface area (Å²) in [6, 6.07) is 10.8. The first-order valence-corrected chi connectivity index (χ1v) is 13.7. The fraction of sp³-hybridized carbons (Fsp3) is 0.440. The van der Waals surface area contributed by atoms with Gasteiger partial charge >= 0.3 is 0 Å². The standard InChI is InChI=1S/C25H32ClN3O6S/c1-5-36(32,33)29(21-9-10-22-23(12-21)35-16-34-22)15-24(30)28(14-19-7-6-8-20(26)11-19)18(4)25(31)27-13-17(2)3/h6-12,17-18H,5,13-16H2,1-4H3,(H,27,31)/t18-/m1/s1. The van der Waals surface area contributed by atoms with E-state index in [4.69, 9.17) is 21.1 Å². The Kier molecular flexibility index (Phi) is 9.08. The van der Waals surface area contributed by atoms with E-state index in [-0.39, 0.29) is 36.6 Å². The Hall–Kier alpha value is -2.98. The van der Waals surface area contributed by atoms with Gasteiger partial charge in [-0.2, -0.15) is 0 Å². The summed E-state index contributed by atoms with van der Waals surface area (Å²) in [6.45, 7) is 7.15. The number of sulfonamides is 1. The Bertz CT molecular complexity index is 1200. The van der Waals surface area contributed by atoms with E-state index < -0.39 is 28.5 Å². The lowest BCUT2D eigenvalue weighted by Crippen LogP contribution is -2.51. The van der Waals surface area contributed by atoms with Crippen LogP contribution in [0.2, 0.25) is 5.02 Å². The van der Waals surface area contributed by atoms with Gasteiger partial charge in [-0.1, -0.05) is 37.6 Å². The predicted octanol–water partition coefficient (Wildman–Crippen LogP) is 3.41. The van der Waals surface area contributed by atoms with E-state index in [0.717, 1.165) is 4.31 Å². The fourth-order valence-electron chi connectivity index (χ4n) is 3.63. The predicted molar refractivity (Wildman–Crippen MR) is 139 cm³/mol. The van der Waals surface area contributed by atoms with E-state index in [1.54, 1.807) is 43.3 Å². The third kappa shape index (κ3) is 6.82. The molecule has 2 aromatic rings. The summed E-state index contributed by atoms with van der Waals surface area (Å²) in [5, 5.41) is 3.34. The number of nitrogens with zero attached hydrogens (tertiary/aromatic N) is 2. The van der Waals surface area contributed by atoms with Crippen molar-refractivity contribution in [2.24, 2.45) is 5.92 Å². The first-order valence-electron chi connectivity index (χ1n) is 11.7. The number of hydrogen-bond acceptors (Lipinski definition) is 6. The summed E-state index contributed by atoms with van der Waals surface area (Å²) in [5.41, 5.74) is 0.987. The van der Waals surface area contributed by atoms with E-state index in [2.05, 4.69) is 5.32 Å². The number of anilines is 1. The molecule has 1 heterocycles. The van der Waals surface area contributed by atoms with Crippen LogP contribution in [0.25, 0.3) is 0 Å². The van der Waals surface area contributed by atoms with E-state index in [9.17, 15) is 18.0 Å². The monoisotopic (exact) mass is 537 g/mol. The molecule has 1 N–H and O–H groups in total. The quantitative estimate of drug-likeness (QED) is 0.471. The molecule has 36 heavy (non-hydrogen) atoms. The van der Waals surface area contributed by atoms with Gasteiger partial charge in [-0.3, -0.25) is 13.9 Å². The van der Waals surface area contributed by atoms with Crippen LogP contribution < -0.4 is 19.1 Å². The van der Waals surface area contributed by atoms with Crippen LogP contribution in [-0.2, 0) is 26.2 Å². The molecule has 0 fully saturated rings. The van der Waals surface area contributed by atoms with E-state index >= 15 is 0 Å². The average Bonchev–Trinajstić information content (AvgIpc) is 3.31. The van der Waals surface area contributed by atoms with Crippen LogP contribution >= 0.6 is 11.6 Å². The molecule has 0 spiro atoms. The Morgan fingerprint density at radius 3 is 2.47 bits per heavy atom. The molecule has 0 saturated carbocycles. The number of amides is 2. The van der Waals surface area contributed by atoms with Crippen molar-refractivity contribution in [3.8, 4) is 11.5 Å². The van der Waals surface area contributed by atoms with Crippen LogP contribution in [0.1, 0.15) is 33.3 Å². The number of nitrogens with one attached hydrogen (secondary N) is 1. The highest BCUT2D eigenvalue weighted by Gasteiger charge is 2.31. The number of halogens is 1. The maximum absolute atomic E-state index is 13.6. The zero-order valence-electron chi connectivity index (χ0n) is 20.9. The second-order valence-corrected chi connectivity index (χ2v) is 11.5. The number of ether oxygens (including phenoxy) is 2. The normalized spacial score (nSPS) is 13.4. The van der Waals surface area contributed by atoms with Crippen LogP contribution in [-0.4, -0.2) is 56.8 Å². The highest BCUT2D eigenvalue weighted by molar-refractivity contribution is 7.92. The van der Waals surface area contributed by atoms with Crippen molar-refractivity contribution >= 4 is 39.1 Å². The van der Waals surface area contributed by atoms with E-state index in [1.807, 2.05) is 13.8 Å². The molecule has 2 amide bonds. The lowest BCUT2D eigenvalue weighted by atomic mass is 10.1. The molecular weight excluding hydrogens is 506 g/mol. The van der Waals surface area contributed by atoms with Crippen LogP contribution in [0.15, 0.2) is 42.5 Å². The third-order valence-corrected chi connectivity index (χ3v) is 7.69. The molecule has 2 aromatic carbocycles. The first-order chi connectivity index (χ1) is 17.0. The van der Waals surface area contributed by atoms with E-state index in [0.29, 0.717) is 28.6 Å². The Morgan fingerprint density at radius 1 is 1.08 bits per heavy atom. The average molecular weight is 538 g/mol. The van der Waals surface area contributed by atoms with E-state index in [1.165, 1.54) is 17.9 Å². The van der Waals surface area contributed by atoms with Crippen LogP contribution in [0.3, 0.4) is 0 Å². The smallest absolute Gasteiger partial charge is 0.244 e. The number of benzene rings is 2. The van der Waals surface area contributed by atoms with Gasteiger partial charge in [0, 0.05) is 24.2 Å². The largest absolute Gasteiger partial charge is 0.454 e. The van der Waals surface area contributed by atoms with Crippen molar-refractivity contribution in [2.75, 3.05) is 29.9 Å². The first kappa shape index (κ1) is 27.6. The van der Waals surface area contributed by atoms with Gasteiger partial charge in [0.15, 0.2) is 11.5 Å². The van der Waals surface area contributed by atoms with Gasteiger partial charge in [-0.05, 0) is 49.6 Å². The van der Waals surface area contributed by atoms with Crippen molar-refractivity contribution in [3.63, 3.8) is 0 Å². The minimum Gasteiger partial charge on any atom is -0.454 e. The second kappa shape index (κ2) is 11.8. The molecule has 0 aromatic heterocycles. The summed E-state index contributed by atoms with van der Waals surface area (Å²) in [6.07, 6.45) is 0. The molecule has 196 valence electrons. The molecule has 0 aliphatic carbocycles. The molecule has 1 aliphatic rings. The summed E-state index contributed by atoms with van der Waals surface area (Å²) in [4.78, 5) is 27.9. The molecule has 9 nitrogen and oxygen atoms in total. The molecule has 0 radical (unpaired) electrons. The lowest BCUT2D eigenvalue weighted by molar-refractivity contribution is -0.139. The van der Waals surface area contributed by atoms with Crippen molar-refractivity contribution in [1.29, 1.82) is 0 Å². The van der Waals surface area contributed by atoms with Gasteiger partial charge in [-0.15, -0.1) is 0 Å². The topological polar surface area (TPSA) is 105 Å². The molecule has 0 unspecified atom stereocenters. The fourth-order valence-corrected chi connectivity index (χ4v) is 4.89. The molecule has 1 atom stereocenters. The minimum atomic E-state index is -3.84. The van der Waals surface area contributed by atoms with Crippen molar-refractivity contribution in [2.45, 2.75) is 40.3 Å². The van der Waals surface area contributed by atoms with Gasteiger partial charge in [0.1, 0.15) is 12.6 Å². The van der Waals surface area contributed by atoms with Crippen molar-refractivity contribution < 1.29 is 27.5 Å². The molecule has 0 bridgehead atoms. The highest BCUT2D eigenvalue weighted by atomic mass is 35.5. The maximum Gasteiger partial charge on any atom is 0.244 e. The second-order valence-electron chi connectivity index (χ2n) is 8.91. The maximum atomic E-state index is 13.6. The Balaban J connectivity index is 1.92. The minimum absolute atomic E-state index is 0.0364. The summed E-state index contributed by atoms with van der Waals surface area (Å²) < 4.78 is 37.8. The van der Waals surface area contributed by atoms with Gasteiger partial charge in [0.2, 0.25) is 28.6 Å². The van der Waals surface area contributed by atoms with Crippen LogP contribution in [0, 0.1) is 5.92 Å². The zero-order valence-corrected chi connectivity index (χ0v) is 22.4. The van der Waals surface area contributed by atoms with Crippen molar-refractivity contribution in [3.05, 3.63) is 53.1 Å². The molecule has 1 aliphatic heterocycles. The molecule has 0 saturated heterocycles. The van der Waals surface area contributed by atoms with Crippen molar-refractivity contribution in [1.82, 2.24) is 10.2 Å².